The highest BCUT2D eigenvalue weighted by atomic mass is 16.5. The Kier molecular flexibility index (Phi) is 7.42. The van der Waals surface area contributed by atoms with Crippen LogP contribution in [-0.2, 0) is 11.3 Å². The lowest BCUT2D eigenvalue weighted by atomic mass is 10.3. The molecule has 6 nitrogen and oxygen atoms in total. The molecule has 0 aliphatic rings. The Morgan fingerprint density at radius 1 is 1.30 bits per heavy atom. The largest absolute Gasteiger partial charge is 0.493 e. The van der Waals surface area contributed by atoms with E-state index >= 15 is 0 Å². The molecule has 0 bridgehead atoms. The lowest BCUT2D eigenvalue weighted by Gasteiger charge is -2.12. The first-order valence-corrected chi connectivity index (χ1v) is 6.76. The van der Waals surface area contributed by atoms with Gasteiger partial charge in [0.25, 0.3) is 0 Å². The number of rotatable bonds is 9. The highest BCUT2D eigenvalue weighted by molar-refractivity contribution is 5.75. The quantitative estimate of drug-likeness (QED) is 0.663. The van der Waals surface area contributed by atoms with E-state index in [1.54, 1.807) is 26.5 Å². The number of nitrogens with zero attached hydrogens (tertiary/aromatic N) is 1. The van der Waals surface area contributed by atoms with Crippen LogP contribution in [0.15, 0.2) is 12.3 Å². The van der Waals surface area contributed by atoms with E-state index in [0.717, 1.165) is 18.7 Å². The SMILES string of the molecule is CCCNC(=O)CCNCc1nccc(OC)c1OC. The fourth-order valence-corrected chi connectivity index (χ4v) is 1.74. The van der Waals surface area contributed by atoms with Gasteiger partial charge < -0.3 is 20.1 Å². The third kappa shape index (κ3) is 5.05. The van der Waals surface area contributed by atoms with Gasteiger partial charge in [-0.05, 0) is 6.42 Å². The number of amides is 1. The van der Waals surface area contributed by atoms with Gasteiger partial charge in [0.2, 0.25) is 5.91 Å². The summed E-state index contributed by atoms with van der Waals surface area (Å²) in [5, 5.41) is 6.01. The van der Waals surface area contributed by atoms with Crippen molar-refractivity contribution >= 4 is 5.91 Å². The second-order valence-corrected chi connectivity index (χ2v) is 4.27. The number of aromatic nitrogens is 1. The zero-order valence-corrected chi connectivity index (χ0v) is 12.4. The predicted octanol–water partition coefficient (Wildman–Crippen LogP) is 1.10. The number of nitrogens with one attached hydrogen (secondary N) is 2. The van der Waals surface area contributed by atoms with Crippen LogP contribution in [0.5, 0.6) is 11.5 Å². The van der Waals surface area contributed by atoms with Gasteiger partial charge in [0.15, 0.2) is 11.5 Å². The van der Waals surface area contributed by atoms with Gasteiger partial charge in [0.05, 0.1) is 19.9 Å². The van der Waals surface area contributed by atoms with Crippen LogP contribution < -0.4 is 20.1 Å². The maximum absolute atomic E-state index is 11.4. The fraction of sp³-hybridized carbons (Fsp3) is 0.571. The Morgan fingerprint density at radius 3 is 2.75 bits per heavy atom. The van der Waals surface area contributed by atoms with Gasteiger partial charge in [0.1, 0.15) is 0 Å². The molecule has 0 saturated heterocycles. The Morgan fingerprint density at radius 2 is 2.10 bits per heavy atom. The summed E-state index contributed by atoms with van der Waals surface area (Å²) in [5.41, 5.74) is 0.765. The maximum atomic E-state index is 11.4. The molecule has 1 rings (SSSR count). The van der Waals surface area contributed by atoms with E-state index in [1.807, 2.05) is 6.92 Å². The maximum Gasteiger partial charge on any atom is 0.221 e. The average Bonchev–Trinajstić information content (AvgIpc) is 2.48. The predicted molar refractivity (Wildman–Crippen MR) is 77.0 cm³/mol. The molecule has 1 aromatic heterocycles. The summed E-state index contributed by atoms with van der Waals surface area (Å²) < 4.78 is 10.5. The molecule has 1 amide bonds. The highest BCUT2D eigenvalue weighted by Gasteiger charge is 2.10. The van der Waals surface area contributed by atoms with Crippen molar-refractivity contribution < 1.29 is 14.3 Å². The van der Waals surface area contributed by atoms with E-state index in [0.29, 0.717) is 31.0 Å². The van der Waals surface area contributed by atoms with E-state index in [2.05, 4.69) is 15.6 Å². The summed E-state index contributed by atoms with van der Waals surface area (Å²) in [7, 11) is 3.17. The fourth-order valence-electron chi connectivity index (χ4n) is 1.74. The molecule has 20 heavy (non-hydrogen) atoms. The minimum absolute atomic E-state index is 0.0601. The van der Waals surface area contributed by atoms with Crippen LogP contribution in [0.25, 0.3) is 0 Å². The molecule has 0 aromatic carbocycles. The topological polar surface area (TPSA) is 72.5 Å². The molecular weight excluding hydrogens is 258 g/mol. The Bertz CT molecular complexity index is 424. The van der Waals surface area contributed by atoms with Crippen LogP contribution in [0.4, 0.5) is 0 Å². The number of hydrogen-bond donors (Lipinski definition) is 2. The van der Waals surface area contributed by atoms with E-state index in [9.17, 15) is 4.79 Å². The first-order valence-electron chi connectivity index (χ1n) is 6.76. The number of carbonyl (C=O) groups excluding carboxylic acids is 1. The molecule has 0 aliphatic carbocycles. The average molecular weight is 281 g/mol. The van der Waals surface area contributed by atoms with Gasteiger partial charge in [-0.1, -0.05) is 6.92 Å². The molecule has 0 aliphatic heterocycles. The molecule has 2 N–H and O–H groups in total. The van der Waals surface area contributed by atoms with Crippen molar-refractivity contribution in [2.45, 2.75) is 26.3 Å². The summed E-state index contributed by atoms with van der Waals surface area (Å²) in [6.07, 6.45) is 3.07. The van der Waals surface area contributed by atoms with Crippen LogP contribution in [0, 0.1) is 0 Å². The normalized spacial score (nSPS) is 10.2. The van der Waals surface area contributed by atoms with E-state index < -0.39 is 0 Å². The van der Waals surface area contributed by atoms with Crippen LogP contribution in [0.1, 0.15) is 25.5 Å². The Labute approximate surface area is 119 Å². The molecule has 1 aromatic rings. The molecule has 0 saturated carbocycles. The molecule has 0 unspecified atom stereocenters. The van der Waals surface area contributed by atoms with Crippen molar-refractivity contribution in [2.75, 3.05) is 27.3 Å². The number of hydrogen-bond acceptors (Lipinski definition) is 5. The lowest BCUT2D eigenvalue weighted by Crippen LogP contribution is -2.28. The molecular formula is C14H23N3O3. The van der Waals surface area contributed by atoms with Crippen molar-refractivity contribution in [1.29, 1.82) is 0 Å². The van der Waals surface area contributed by atoms with E-state index in [1.165, 1.54) is 0 Å². The van der Waals surface area contributed by atoms with Gasteiger partial charge in [0, 0.05) is 38.3 Å². The second kappa shape index (κ2) is 9.14. The minimum atomic E-state index is 0.0601. The van der Waals surface area contributed by atoms with Gasteiger partial charge in [-0.15, -0.1) is 0 Å². The lowest BCUT2D eigenvalue weighted by molar-refractivity contribution is -0.120. The standard InChI is InChI=1S/C14H23N3O3/c1-4-7-17-13(18)6-8-15-10-11-14(20-3)12(19-2)5-9-16-11/h5,9,15H,4,6-8,10H2,1-3H3,(H,17,18). The second-order valence-electron chi connectivity index (χ2n) is 4.27. The van der Waals surface area contributed by atoms with Crippen LogP contribution in [0.2, 0.25) is 0 Å². The zero-order valence-electron chi connectivity index (χ0n) is 12.4. The van der Waals surface area contributed by atoms with Gasteiger partial charge in [-0.25, -0.2) is 0 Å². The Hall–Kier alpha value is -1.82. The summed E-state index contributed by atoms with van der Waals surface area (Å²) in [6.45, 7) is 3.88. The van der Waals surface area contributed by atoms with Gasteiger partial charge in [-0.3, -0.25) is 9.78 Å². The molecule has 0 fully saturated rings. The third-order valence-corrected chi connectivity index (χ3v) is 2.76. The number of carbonyl (C=O) groups is 1. The first-order chi connectivity index (χ1) is 9.72. The molecule has 0 atom stereocenters. The third-order valence-electron chi connectivity index (χ3n) is 2.76. The van der Waals surface area contributed by atoms with Crippen LogP contribution in [-0.4, -0.2) is 38.2 Å². The minimum Gasteiger partial charge on any atom is -0.493 e. The molecule has 0 radical (unpaired) electrons. The van der Waals surface area contributed by atoms with E-state index in [-0.39, 0.29) is 5.91 Å². The molecule has 112 valence electrons. The summed E-state index contributed by atoms with van der Waals surface area (Å²) in [4.78, 5) is 15.7. The molecule has 1 heterocycles. The summed E-state index contributed by atoms with van der Waals surface area (Å²) >= 11 is 0. The smallest absolute Gasteiger partial charge is 0.221 e. The zero-order chi connectivity index (χ0) is 14.8. The summed E-state index contributed by atoms with van der Waals surface area (Å²) in [6, 6.07) is 1.75. The number of pyridine rings is 1. The van der Waals surface area contributed by atoms with Gasteiger partial charge in [-0.2, -0.15) is 0 Å². The van der Waals surface area contributed by atoms with Crippen molar-refractivity contribution in [3.05, 3.63) is 18.0 Å². The van der Waals surface area contributed by atoms with Crippen LogP contribution >= 0.6 is 0 Å². The summed E-state index contributed by atoms with van der Waals surface area (Å²) in [5.74, 6) is 1.34. The van der Waals surface area contributed by atoms with Crippen molar-refractivity contribution in [2.24, 2.45) is 0 Å². The van der Waals surface area contributed by atoms with Crippen molar-refractivity contribution in [1.82, 2.24) is 15.6 Å². The first kappa shape index (κ1) is 16.2. The number of methoxy groups -OCH3 is 2. The van der Waals surface area contributed by atoms with Gasteiger partial charge >= 0.3 is 0 Å². The van der Waals surface area contributed by atoms with Crippen molar-refractivity contribution in [3.63, 3.8) is 0 Å². The highest BCUT2D eigenvalue weighted by Crippen LogP contribution is 2.28. The number of ether oxygens (including phenoxy) is 2. The molecule has 0 spiro atoms. The molecule has 6 heteroatoms. The monoisotopic (exact) mass is 281 g/mol. The Balaban J connectivity index is 2.40. The van der Waals surface area contributed by atoms with Crippen LogP contribution in [0.3, 0.4) is 0 Å². The van der Waals surface area contributed by atoms with Crippen molar-refractivity contribution in [3.8, 4) is 11.5 Å². The van der Waals surface area contributed by atoms with E-state index in [4.69, 9.17) is 9.47 Å².